The number of pyridine rings is 1. The van der Waals surface area contributed by atoms with Crippen LogP contribution in [0.4, 0.5) is 13.2 Å². The maximum absolute atomic E-state index is 13.6. The Balaban J connectivity index is 1.42. The number of H-pyrrole nitrogens is 1. The molecule has 10 nitrogen and oxygen atoms in total. The van der Waals surface area contributed by atoms with Crippen LogP contribution in [-0.2, 0) is 12.6 Å². The van der Waals surface area contributed by atoms with Crippen molar-refractivity contribution in [2.75, 3.05) is 6.54 Å². The number of carbonyl (C=O) groups is 1. The minimum Gasteiger partial charge on any atom is -0.429 e. The highest BCUT2D eigenvalue weighted by Crippen LogP contribution is 2.37. The summed E-state index contributed by atoms with van der Waals surface area (Å²) in [5.41, 5.74) is 0.960. The number of amides is 1. The van der Waals surface area contributed by atoms with E-state index in [0.717, 1.165) is 16.3 Å². The lowest BCUT2D eigenvalue weighted by Crippen LogP contribution is -2.40. The third-order valence-electron chi connectivity index (χ3n) is 5.79. The monoisotopic (exact) mass is 480 g/mol. The Morgan fingerprint density at radius 3 is 2.86 bits per heavy atom. The van der Waals surface area contributed by atoms with Crippen LogP contribution < -0.4 is 0 Å². The Labute approximate surface area is 194 Å². The molecule has 6 heterocycles. The van der Waals surface area contributed by atoms with Crippen LogP contribution in [0, 0.1) is 0 Å². The van der Waals surface area contributed by atoms with Gasteiger partial charge in [0.1, 0.15) is 11.7 Å². The summed E-state index contributed by atoms with van der Waals surface area (Å²) in [6, 6.07) is 2.78. The van der Waals surface area contributed by atoms with Gasteiger partial charge in [0.05, 0.1) is 41.2 Å². The molecular weight excluding hydrogens is 465 g/mol. The minimum atomic E-state index is -4.56. The summed E-state index contributed by atoms with van der Waals surface area (Å²) in [5, 5.41) is 4.37. The van der Waals surface area contributed by atoms with Gasteiger partial charge in [0.2, 0.25) is 11.7 Å². The molecule has 1 unspecified atom stereocenters. The first-order chi connectivity index (χ1) is 16.9. The molecule has 0 aliphatic carbocycles. The number of oxazole rings is 1. The van der Waals surface area contributed by atoms with Gasteiger partial charge in [0.25, 0.3) is 5.91 Å². The molecule has 6 rings (SSSR count). The zero-order valence-corrected chi connectivity index (χ0v) is 17.8. The molecule has 35 heavy (non-hydrogen) atoms. The molecule has 1 N–H and O–H groups in total. The highest BCUT2D eigenvalue weighted by Gasteiger charge is 2.39. The van der Waals surface area contributed by atoms with E-state index >= 15 is 0 Å². The van der Waals surface area contributed by atoms with Crippen molar-refractivity contribution in [3.8, 4) is 11.6 Å². The standard InChI is InChI=1S/C22H15F3N8O2/c23-22(24,25)12-2-1-6-33-16(12)8-14(31-33)19-18-13(29-11-30-18)3-7-32(19)21(34)17-10-28-20(35-17)15-9-26-4-5-27-15/h1-2,4-6,8-11,19H,3,7H2,(H,29,30). The molecule has 0 saturated carbocycles. The number of hydrogen-bond acceptors (Lipinski definition) is 7. The molecule has 0 radical (unpaired) electrons. The van der Waals surface area contributed by atoms with Crippen molar-refractivity contribution >= 4 is 11.4 Å². The third kappa shape index (κ3) is 3.52. The van der Waals surface area contributed by atoms with Crippen LogP contribution in [0.3, 0.4) is 0 Å². The second kappa shape index (κ2) is 7.75. The van der Waals surface area contributed by atoms with E-state index in [1.54, 1.807) is 0 Å². The molecule has 0 saturated heterocycles. The van der Waals surface area contributed by atoms with Crippen molar-refractivity contribution in [1.29, 1.82) is 0 Å². The van der Waals surface area contributed by atoms with Gasteiger partial charge in [-0.3, -0.25) is 9.78 Å². The average molecular weight is 480 g/mol. The van der Waals surface area contributed by atoms with Gasteiger partial charge < -0.3 is 14.3 Å². The zero-order chi connectivity index (χ0) is 24.2. The number of aromatic amines is 1. The van der Waals surface area contributed by atoms with Gasteiger partial charge in [-0.2, -0.15) is 18.3 Å². The van der Waals surface area contributed by atoms with Crippen molar-refractivity contribution in [2.45, 2.75) is 18.6 Å². The summed E-state index contributed by atoms with van der Waals surface area (Å²) in [6.45, 7) is 0.264. The molecule has 176 valence electrons. The molecule has 0 fully saturated rings. The first-order valence-corrected chi connectivity index (χ1v) is 10.5. The smallest absolute Gasteiger partial charge is 0.418 e. The molecular formula is C22H15F3N8O2. The Morgan fingerprint density at radius 1 is 1.17 bits per heavy atom. The van der Waals surface area contributed by atoms with E-state index in [1.807, 2.05) is 0 Å². The quantitative estimate of drug-likeness (QED) is 0.421. The number of aromatic nitrogens is 7. The predicted molar refractivity (Wildman–Crippen MR) is 113 cm³/mol. The minimum absolute atomic E-state index is 0.0469. The second-order valence-corrected chi connectivity index (χ2v) is 7.86. The van der Waals surface area contributed by atoms with Gasteiger partial charge >= 0.3 is 6.18 Å². The van der Waals surface area contributed by atoms with Crippen LogP contribution in [0.15, 0.2) is 59.9 Å². The largest absolute Gasteiger partial charge is 0.429 e. The molecule has 1 amide bonds. The van der Waals surface area contributed by atoms with Crippen molar-refractivity contribution in [3.05, 3.63) is 83.9 Å². The van der Waals surface area contributed by atoms with E-state index in [1.165, 1.54) is 54.3 Å². The summed E-state index contributed by atoms with van der Waals surface area (Å²) < 4.78 is 47.5. The fourth-order valence-corrected chi connectivity index (χ4v) is 4.25. The lowest BCUT2D eigenvalue weighted by molar-refractivity contribution is -0.136. The van der Waals surface area contributed by atoms with E-state index in [2.05, 4.69) is 30.0 Å². The number of alkyl halides is 3. The number of nitrogens with one attached hydrogen (secondary N) is 1. The number of halogens is 3. The predicted octanol–water partition coefficient (Wildman–Crippen LogP) is 3.31. The third-order valence-corrected chi connectivity index (χ3v) is 5.79. The van der Waals surface area contributed by atoms with Crippen LogP contribution in [0.25, 0.3) is 17.1 Å². The molecule has 1 atom stereocenters. The number of hydrogen-bond donors (Lipinski definition) is 1. The molecule has 5 aromatic heterocycles. The van der Waals surface area contributed by atoms with Crippen LogP contribution in [-0.4, -0.2) is 51.9 Å². The van der Waals surface area contributed by atoms with Gasteiger partial charge in [-0.05, 0) is 18.2 Å². The van der Waals surface area contributed by atoms with Gasteiger partial charge in [-0.25, -0.2) is 19.5 Å². The van der Waals surface area contributed by atoms with Crippen LogP contribution in [0.1, 0.15) is 39.2 Å². The van der Waals surface area contributed by atoms with Gasteiger partial charge in [-0.1, -0.05) is 0 Å². The molecule has 1 aliphatic rings. The van der Waals surface area contributed by atoms with Crippen LogP contribution >= 0.6 is 0 Å². The van der Waals surface area contributed by atoms with Crippen molar-refractivity contribution in [1.82, 2.24) is 39.4 Å². The van der Waals surface area contributed by atoms with E-state index in [-0.39, 0.29) is 29.4 Å². The van der Waals surface area contributed by atoms with E-state index in [9.17, 15) is 18.0 Å². The fourth-order valence-electron chi connectivity index (χ4n) is 4.25. The fraction of sp³-hybridized carbons (Fsp3) is 0.182. The Bertz CT molecular complexity index is 1540. The summed E-state index contributed by atoms with van der Waals surface area (Å²) in [4.78, 5) is 34.6. The molecule has 5 aromatic rings. The normalized spacial score (nSPS) is 16.0. The zero-order valence-electron chi connectivity index (χ0n) is 17.8. The van der Waals surface area contributed by atoms with Gasteiger partial charge in [0.15, 0.2) is 0 Å². The summed E-state index contributed by atoms with van der Waals surface area (Å²) in [6.07, 6.45) is 4.54. The molecule has 0 spiro atoms. The summed E-state index contributed by atoms with van der Waals surface area (Å²) in [5.74, 6) is -0.424. The van der Waals surface area contributed by atoms with E-state index in [4.69, 9.17) is 4.42 Å². The Morgan fingerprint density at radius 2 is 2.06 bits per heavy atom. The number of nitrogens with zero attached hydrogens (tertiary/aromatic N) is 7. The summed E-state index contributed by atoms with van der Waals surface area (Å²) >= 11 is 0. The Kier molecular flexibility index (Phi) is 4.65. The molecule has 0 aromatic carbocycles. The molecule has 0 bridgehead atoms. The maximum atomic E-state index is 13.6. The van der Waals surface area contributed by atoms with Crippen LogP contribution in [0.5, 0.6) is 0 Å². The Hall–Kier alpha value is -4.55. The lowest BCUT2D eigenvalue weighted by atomic mass is 9.99. The summed E-state index contributed by atoms with van der Waals surface area (Å²) in [7, 11) is 0. The average Bonchev–Trinajstić information content (AvgIpc) is 3.61. The van der Waals surface area contributed by atoms with Gasteiger partial charge in [0, 0.05) is 37.3 Å². The topological polar surface area (TPSA) is 118 Å². The van der Waals surface area contributed by atoms with Gasteiger partial charge in [-0.15, -0.1) is 0 Å². The van der Waals surface area contributed by atoms with Crippen molar-refractivity contribution < 1.29 is 22.4 Å². The van der Waals surface area contributed by atoms with Crippen molar-refractivity contribution in [2.24, 2.45) is 0 Å². The molecule has 13 heteroatoms. The number of carbonyl (C=O) groups excluding carboxylic acids is 1. The second-order valence-electron chi connectivity index (χ2n) is 7.86. The lowest BCUT2D eigenvalue weighted by Gasteiger charge is -2.33. The number of fused-ring (bicyclic) bond motifs is 2. The highest BCUT2D eigenvalue weighted by atomic mass is 19.4. The van der Waals surface area contributed by atoms with E-state index in [0.29, 0.717) is 17.8 Å². The highest BCUT2D eigenvalue weighted by molar-refractivity contribution is 5.92. The van der Waals surface area contributed by atoms with E-state index < -0.39 is 23.7 Å². The number of rotatable bonds is 3. The first kappa shape index (κ1) is 21.0. The first-order valence-electron chi connectivity index (χ1n) is 10.5. The SMILES string of the molecule is O=C(c1cnc(-c2cnccn2)o1)N1CCc2[nH]cnc2C1c1cc2c(C(F)(F)F)cccn2n1. The van der Waals surface area contributed by atoms with Crippen molar-refractivity contribution in [3.63, 3.8) is 0 Å². The maximum Gasteiger partial charge on any atom is 0.418 e. The number of imidazole rings is 1. The molecule has 1 aliphatic heterocycles. The van der Waals surface area contributed by atoms with Crippen LogP contribution in [0.2, 0.25) is 0 Å².